The summed E-state index contributed by atoms with van der Waals surface area (Å²) in [5, 5.41) is 0. The lowest BCUT2D eigenvalue weighted by Gasteiger charge is -2.18. The van der Waals surface area contributed by atoms with Crippen LogP contribution in [0.5, 0.6) is 0 Å². The molecule has 6 heteroatoms. The average Bonchev–Trinajstić information content (AvgIpc) is 3.22. The molecule has 0 unspecified atom stereocenters. The lowest BCUT2D eigenvalue weighted by Crippen LogP contribution is -2.30. The smallest absolute Gasteiger partial charge is 0.306 e. The van der Waals surface area contributed by atoms with Crippen molar-refractivity contribution >= 4 is 17.9 Å². The van der Waals surface area contributed by atoms with E-state index in [9.17, 15) is 14.4 Å². The monoisotopic (exact) mass is 849 g/mol. The molecule has 60 heavy (non-hydrogen) atoms. The third-order valence-electron chi connectivity index (χ3n) is 12.2. The third kappa shape index (κ3) is 47.5. The second-order valence-corrected chi connectivity index (χ2v) is 19.5. The summed E-state index contributed by atoms with van der Waals surface area (Å²) in [6.07, 6.45) is 48.1. The molecule has 0 N–H and O–H groups in total. The lowest BCUT2D eigenvalue weighted by molar-refractivity contribution is -0.167. The van der Waals surface area contributed by atoms with Gasteiger partial charge in [-0.05, 0) is 31.1 Å². The minimum absolute atomic E-state index is 0.0636. The average molecular weight is 849 g/mol. The van der Waals surface area contributed by atoms with Crippen LogP contribution in [0.3, 0.4) is 0 Å². The Morgan fingerprint density at radius 3 is 0.817 bits per heavy atom. The van der Waals surface area contributed by atoms with Crippen molar-refractivity contribution in [2.75, 3.05) is 13.2 Å². The van der Waals surface area contributed by atoms with Crippen LogP contribution in [0.4, 0.5) is 0 Å². The van der Waals surface area contributed by atoms with E-state index in [-0.39, 0.29) is 31.1 Å². The Balaban J connectivity index is 4.26. The number of esters is 3. The van der Waals surface area contributed by atoms with Gasteiger partial charge in [0.05, 0.1) is 0 Å². The van der Waals surface area contributed by atoms with E-state index >= 15 is 0 Å². The molecule has 0 aromatic carbocycles. The van der Waals surface area contributed by atoms with E-state index in [1.165, 1.54) is 186 Å². The van der Waals surface area contributed by atoms with Crippen LogP contribution in [-0.4, -0.2) is 37.2 Å². The van der Waals surface area contributed by atoms with Crippen molar-refractivity contribution in [2.45, 2.75) is 304 Å². The summed E-state index contributed by atoms with van der Waals surface area (Å²) in [7, 11) is 0. The Hall–Kier alpha value is -1.59. The van der Waals surface area contributed by atoms with Crippen molar-refractivity contribution in [1.82, 2.24) is 0 Å². The Bertz CT molecular complexity index is 916. The molecule has 0 aliphatic heterocycles. The second kappa shape index (κ2) is 46.9. The predicted molar refractivity (Wildman–Crippen MR) is 256 cm³/mol. The number of hydrogen-bond donors (Lipinski definition) is 0. The van der Waals surface area contributed by atoms with Crippen LogP contribution >= 0.6 is 0 Å². The molecule has 0 heterocycles. The molecule has 0 aliphatic carbocycles. The molecular weight excluding hydrogens is 745 g/mol. The molecule has 0 fully saturated rings. The molecule has 0 aromatic heterocycles. The van der Waals surface area contributed by atoms with Crippen molar-refractivity contribution in [2.24, 2.45) is 11.8 Å². The molecule has 0 saturated carbocycles. The van der Waals surface area contributed by atoms with Gasteiger partial charge in [0.15, 0.2) is 6.10 Å². The first kappa shape index (κ1) is 58.4. The van der Waals surface area contributed by atoms with Gasteiger partial charge in [-0.15, -0.1) is 0 Å². The number of hydrogen-bond acceptors (Lipinski definition) is 6. The minimum Gasteiger partial charge on any atom is -0.462 e. The summed E-state index contributed by atoms with van der Waals surface area (Å²) in [6.45, 7) is 11.4. The predicted octanol–water partition coefficient (Wildman–Crippen LogP) is 17.3. The lowest BCUT2D eigenvalue weighted by atomic mass is 10.0. The Morgan fingerprint density at radius 1 is 0.317 bits per heavy atom. The maximum absolute atomic E-state index is 12.8. The van der Waals surface area contributed by atoms with Gasteiger partial charge in [-0.3, -0.25) is 14.4 Å². The van der Waals surface area contributed by atoms with Crippen molar-refractivity contribution in [3.63, 3.8) is 0 Å². The highest BCUT2D eigenvalue weighted by molar-refractivity contribution is 5.71. The summed E-state index contributed by atoms with van der Waals surface area (Å²) in [5.74, 6) is 0.801. The van der Waals surface area contributed by atoms with E-state index in [4.69, 9.17) is 14.2 Å². The quantitative estimate of drug-likeness (QED) is 0.0345. The van der Waals surface area contributed by atoms with Crippen LogP contribution < -0.4 is 0 Å². The largest absolute Gasteiger partial charge is 0.462 e. The van der Waals surface area contributed by atoms with Gasteiger partial charge in [0.25, 0.3) is 0 Å². The van der Waals surface area contributed by atoms with E-state index < -0.39 is 6.10 Å². The minimum atomic E-state index is -0.761. The van der Waals surface area contributed by atoms with Gasteiger partial charge < -0.3 is 14.2 Å². The maximum Gasteiger partial charge on any atom is 0.306 e. The fourth-order valence-corrected chi connectivity index (χ4v) is 8.17. The number of rotatable bonds is 48. The zero-order chi connectivity index (χ0) is 44.0. The van der Waals surface area contributed by atoms with Crippen LogP contribution in [-0.2, 0) is 28.6 Å². The van der Waals surface area contributed by atoms with Crippen molar-refractivity contribution in [1.29, 1.82) is 0 Å². The Labute approximate surface area is 374 Å². The summed E-state index contributed by atoms with van der Waals surface area (Å²) in [6, 6.07) is 0. The highest BCUT2D eigenvalue weighted by Crippen LogP contribution is 2.18. The SMILES string of the molecule is CCCCCCCCCCCCCCC(=O)OC[C@@H](COC(=O)CCCCCCCCCCC(C)C)OC(=O)CCCCCCCCCCCCCCCCCCC(C)C. The van der Waals surface area contributed by atoms with Crippen LogP contribution in [0.15, 0.2) is 0 Å². The topological polar surface area (TPSA) is 78.9 Å². The highest BCUT2D eigenvalue weighted by atomic mass is 16.6. The molecule has 0 rings (SSSR count). The van der Waals surface area contributed by atoms with Crippen LogP contribution in [0.1, 0.15) is 298 Å². The van der Waals surface area contributed by atoms with Gasteiger partial charge in [-0.25, -0.2) is 0 Å². The Kier molecular flexibility index (Phi) is 45.7. The number of ether oxygens (including phenoxy) is 3. The van der Waals surface area contributed by atoms with E-state index in [0.29, 0.717) is 19.3 Å². The molecular formula is C54H104O6. The van der Waals surface area contributed by atoms with Crippen LogP contribution in [0.2, 0.25) is 0 Å². The summed E-state index contributed by atoms with van der Waals surface area (Å²) >= 11 is 0. The number of unbranched alkanes of at least 4 members (excludes halogenated alkanes) is 33. The summed E-state index contributed by atoms with van der Waals surface area (Å²) in [5.41, 5.74) is 0. The van der Waals surface area contributed by atoms with Crippen LogP contribution in [0.25, 0.3) is 0 Å². The molecule has 0 saturated heterocycles. The molecule has 0 bridgehead atoms. The van der Waals surface area contributed by atoms with Gasteiger partial charge in [-0.2, -0.15) is 0 Å². The molecule has 0 aromatic rings. The van der Waals surface area contributed by atoms with Crippen LogP contribution in [0, 0.1) is 11.8 Å². The molecule has 0 amide bonds. The number of carbonyl (C=O) groups is 3. The zero-order valence-corrected chi connectivity index (χ0v) is 41.1. The first-order valence-corrected chi connectivity index (χ1v) is 26.7. The van der Waals surface area contributed by atoms with Gasteiger partial charge in [0.1, 0.15) is 13.2 Å². The molecule has 356 valence electrons. The van der Waals surface area contributed by atoms with E-state index in [1.54, 1.807) is 0 Å². The fraction of sp³-hybridized carbons (Fsp3) is 0.944. The molecule has 6 nitrogen and oxygen atoms in total. The maximum atomic E-state index is 12.8. The normalized spacial score (nSPS) is 12.1. The van der Waals surface area contributed by atoms with E-state index in [0.717, 1.165) is 69.6 Å². The summed E-state index contributed by atoms with van der Waals surface area (Å²) < 4.78 is 16.8. The molecule has 0 radical (unpaired) electrons. The van der Waals surface area contributed by atoms with E-state index in [1.807, 2.05) is 0 Å². The van der Waals surface area contributed by atoms with Crippen molar-refractivity contribution < 1.29 is 28.6 Å². The first-order chi connectivity index (χ1) is 29.2. The zero-order valence-electron chi connectivity index (χ0n) is 41.1. The third-order valence-corrected chi connectivity index (χ3v) is 12.2. The van der Waals surface area contributed by atoms with Gasteiger partial charge >= 0.3 is 17.9 Å². The van der Waals surface area contributed by atoms with Crippen molar-refractivity contribution in [3.05, 3.63) is 0 Å². The molecule has 0 spiro atoms. The molecule has 1 atom stereocenters. The first-order valence-electron chi connectivity index (χ1n) is 26.7. The number of carbonyl (C=O) groups excluding carboxylic acids is 3. The van der Waals surface area contributed by atoms with E-state index in [2.05, 4.69) is 34.6 Å². The van der Waals surface area contributed by atoms with Gasteiger partial charge in [-0.1, -0.05) is 259 Å². The summed E-state index contributed by atoms with van der Waals surface area (Å²) in [4.78, 5) is 37.9. The standard InChI is InChI=1S/C54H104O6/c1-6-7-8-9-10-11-12-20-23-29-34-39-44-52(55)58-47-51(48-59-53(56)45-40-35-30-26-25-28-33-38-43-50(4)5)60-54(57)46-41-36-31-24-21-18-16-14-13-15-17-19-22-27-32-37-42-49(2)3/h49-51H,6-48H2,1-5H3/t51-/m0/s1. The second-order valence-electron chi connectivity index (χ2n) is 19.5. The van der Waals surface area contributed by atoms with Gasteiger partial charge in [0.2, 0.25) is 0 Å². The van der Waals surface area contributed by atoms with Crippen molar-refractivity contribution in [3.8, 4) is 0 Å². The molecule has 0 aliphatic rings. The Morgan fingerprint density at radius 2 is 0.550 bits per heavy atom. The highest BCUT2D eigenvalue weighted by Gasteiger charge is 2.19. The fourth-order valence-electron chi connectivity index (χ4n) is 8.17. The van der Waals surface area contributed by atoms with Gasteiger partial charge in [0, 0.05) is 19.3 Å².